The lowest BCUT2D eigenvalue weighted by molar-refractivity contribution is -0.149. The molecule has 0 N–H and O–H groups in total. The number of hydrogen-bond acceptors (Lipinski definition) is 4. The molecule has 0 aliphatic carbocycles. The molecule has 0 amide bonds. The number of rotatable bonds is 5. The SMILES string of the molecule is CCC(=O)OC(CC)c1ccc(Cl)c2nc3n(c12)CCCN3c1ccc(Cl)cc1Cl. The number of fused-ring (bicyclic) bond motifs is 3. The summed E-state index contributed by atoms with van der Waals surface area (Å²) in [7, 11) is 0. The third kappa shape index (κ3) is 3.75. The lowest BCUT2D eigenvalue weighted by Crippen LogP contribution is -2.28. The van der Waals surface area contributed by atoms with Gasteiger partial charge in [-0.15, -0.1) is 0 Å². The number of imidazole rings is 1. The van der Waals surface area contributed by atoms with E-state index in [9.17, 15) is 4.79 Å². The van der Waals surface area contributed by atoms with Crippen molar-refractivity contribution in [1.82, 2.24) is 9.55 Å². The molecule has 0 saturated carbocycles. The number of aryl methyl sites for hydroxylation is 1. The van der Waals surface area contributed by atoms with Crippen LogP contribution in [0, 0.1) is 0 Å². The number of ether oxygens (including phenoxy) is 1. The number of esters is 1. The van der Waals surface area contributed by atoms with Crippen molar-refractivity contribution < 1.29 is 9.53 Å². The van der Waals surface area contributed by atoms with E-state index in [1.54, 1.807) is 13.0 Å². The molecule has 1 atom stereocenters. The minimum atomic E-state index is -0.354. The minimum Gasteiger partial charge on any atom is -0.457 e. The Morgan fingerprint density at radius 1 is 1.13 bits per heavy atom. The van der Waals surface area contributed by atoms with Gasteiger partial charge in [-0.3, -0.25) is 4.79 Å². The second-order valence-corrected chi connectivity index (χ2v) is 8.49. The number of carbonyl (C=O) groups excluding carboxylic acids is 1. The van der Waals surface area contributed by atoms with Gasteiger partial charge < -0.3 is 14.2 Å². The zero-order valence-electron chi connectivity index (χ0n) is 16.8. The Balaban J connectivity index is 1.88. The largest absolute Gasteiger partial charge is 0.457 e. The maximum Gasteiger partial charge on any atom is 0.306 e. The zero-order chi connectivity index (χ0) is 21.4. The zero-order valence-corrected chi connectivity index (χ0v) is 19.1. The van der Waals surface area contributed by atoms with Gasteiger partial charge in [-0.05, 0) is 37.1 Å². The lowest BCUT2D eigenvalue weighted by atomic mass is 10.0. The third-order valence-corrected chi connectivity index (χ3v) is 6.18. The third-order valence-electron chi connectivity index (χ3n) is 5.34. The molecule has 0 saturated heterocycles. The monoisotopic (exact) mass is 465 g/mol. The van der Waals surface area contributed by atoms with Gasteiger partial charge in [-0.25, -0.2) is 4.98 Å². The molecule has 2 heterocycles. The van der Waals surface area contributed by atoms with Gasteiger partial charge in [0.2, 0.25) is 5.95 Å². The number of benzene rings is 2. The van der Waals surface area contributed by atoms with Crippen molar-refractivity contribution in [3.63, 3.8) is 0 Å². The van der Waals surface area contributed by atoms with Crippen molar-refractivity contribution in [3.8, 4) is 0 Å². The van der Waals surface area contributed by atoms with E-state index in [1.807, 2.05) is 31.2 Å². The summed E-state index contributed by atoms with van der Waals surface area (Å²) >= 11 is 19.1. The summed E-state index contributed by atoms with van der Waals surface area (Å²) in [4.78, 5) is 18.9. The first-order valence-electron chi connectivity index (χ1n) is 10.0. The van der Waals surface area contributed by atoms with Crippen LogP contribution in [0.2, 0.25) is 15.1 Å². The van der Waals surface area contributed by atoms with E-state index in [2.05, 4.69) is 9.47 Å². The van der Waals surface area contributed by atoms with E-state index < -0.39 is 0 Å². The van der Waals surface area contributed by atoms with Gasteiger partial charge in [-0.1, -0.05) is 54.7 Å². The van der Waals surface area contributed by atoms with Crippen LogP contribution in [0.3, 0.4) is 0 Å². The fourth-order valence-electron chi connectivity index (χ4n) is 3.92. The average Bonchev–Trinajstić information content (AvgIpc) is 3.13. The molecule has 0 fully saturated rings. The Bertz CT molecular complexity index is 1110. The predicted molar refractivity (Wildman–Crippen MR) is 122 cm³/mol. The van der Waals surface area contributed by atoms with Crippen LogP contribution in [0.25, 0.3) is 11.0 Å². The number of carbonyl (C=O) groups is 1. The molecule has 0 radical (unpaired) electrons. The molecular formula is C22H22Cl3N3O2. The van der Waals surface area contributed by atoms with Gasteiger partial charge in [0.05, 0.1) is 21.2 Å². The van der Waals surface area contributed by atoms with E-state index in [1.165, 1.54) is 0 Å². The molecule has 1 aromatic heterocycles. The fourth-order valence-corrected chi connectivity index (χ4v) is 4.63. The highest BCUT2D eigenvalue weighted by molar-refractivity contribution is 6.36. The number of halogens is 3. The van der Waals surface area contributed by atoms with Crippen molar-refractivity contribution in [2.24, 2.45) is 0 Å². The summed E-state index contributed by atoms with van der Waals surface area (Å²) in [5, 5.41) is 1.72. The summed E-state index contributed by atoms with van der Waals surface area (Å²) < 4.78 is 7.86. The maximum absolute atomic E-state index is 12.0. The van der Waals surface area contributed by atoms with Crippen molar-refractivity contribution in [1.29, 1.82) is 0 Å². The Kier molecular flexibility index (Phi) is 6.14. The van der Waals surface area contributed by atoms with Crippen LogP contribution in [0.15, 0.2) is 30.3 Å². The van der Waals surface area contributed by atoms with Crippen molar-refractivity contribution in [2.75, 3.05) is 11.4 Å². The van der Waals surface area contributed by atoms with Gasteiger partial charge in [-0.2, -0.15) is 0 Å². The molecule has 3 aromatic rings. The van der Waals surface area contributed by atoms with Gasteiger partial charge >= 0.3 is 5.97 Å². The standard InChI is InChI=1S/C22H22Cl3N3O2/c1-3-18(30-19(29)4-2)14-7-8-15(24)20-21(14)28-11-5-10-27(22(28)26-20)17-9-6-13(23)12-16(17)25/h6-9,12,18H,3-5,10-11H2,1-2H3. The van der Waals surface area contributed by atoms with E-state index >= 15 is 0 Å². The average molecular weight is 467 g/mol. The van der Waals surface area contributed by atoms with Crippen LogP contribution in [0.4, 0.5) is 11.6 Å². The Morgan fingerprint density at radius 2 is 1.93 bits per heavy atom. The Hall–Kier alpha value is -1.95. The van der Waals surface area contributed by atoms with Crippen molar-refractivity contribution in [2.45, 2.75) is 45.8 Å². The predicted octanol–water partition coefficient (Wildman–Crippen LogP) is 6.94. The fraction of sp³-hybridized carbons (Fsp3) is 0.364. The highest BCUT2D eigenvalue weighted by atomic mass is 35.5. The molecule has 1 aliphatic heterocycles. The first kappa shape index (κ1) is 21.3. The van der Waals surface area contributed by atoms with Crippen LogP contribution < -0.4 is 4.90 Å². The van der Waals surface area contributed by atoms with E-state index in [4.69, 9.17) is 44.5 Å². The van der Waals surface area contributed by atoms with Gasteiger partial charge in [0.25, 0.3) is 0 Å². The molecule has 30 heavy (non-hydrogen) atoms. The topological polar surface area (TPSA) is 47.4 Å². The lowest BCUT2D eigenvalue weighted by Gasteiger charge is -2.30. The number of aromatic nitrogens is 2. The molecule has 4 rings (SSSR count). The second kappa shape index (κ2) is 8.66. The number of nitrogens with zero attached hydrogens (tertiary/aromatic N) is 3. The quantitative estimate of drug-likeness (QED) is 0.382. The van der Waals surface area contributed by atoms with Gasteiger partial charge in [0.1, 0.15) is 11.6 Å². The summed E-state index contributed by atoms with van der Waals surface area (Å²) in [6.07, 6.45) is 1.55. The smallest absolute Gasteiger partial charge is 0.306 e. The number of hydrogen-bond donors (Lipinski definition) is 0. The van der Waals surface area contributed by atoms with Crippen molar-refractivity contribution >= 4 is 63.4 Å². The summed E-state index contributed by atoms with van der Waals surface area (Å²) in [5.74, 6) is 0.546. The first-order chi connectivity index (χ1) is 14.4. The van der Waals surface area contributed by atoms with Gasteiger partial charge in [0, 0.05) is 30.1 Å². The number of anilines is 2. The second-order valence-electron chi connectivity index (χ2n) is 7.24. The molecule has 8 heteroatoms. The Labute approximate surface area is 190 Å². The Morgan fingerprint density at radius 3 is 2.63 bits per heavy atom. The molecule has 1 aliphatic rings. The normalized spacial score (nSPS) is 14.6. The minimum absolute atomic E-state index is 0.224. The van der Waals surface area contributed by atoms with E-state index in [0.717, 1.165) is 42.2 Å². The van der Waals surface area contributed by atoms with Crippen LogP contribution >= 0.6 is 34.8 Å². The molecule has 1 unspecified atom stereocenters. The van der Waals surface area contributed by atoms with Crippen molar-refractivity contribution in [3.05, 3.63) is 51.0 Å². The summed E-state index contributed by atoms with van der Waals surface area (Å²) in [5.41, 5.74) is 3.37. The first-order valence-corrected chi connectivity index (χ1v) is 11.2. The molecule has 0 spiro atoms. The van der Waals surface area contributed by atoms with Crippen LogP contribution in [0.1, 0.15) is 44.8 Å². The van der Waals surface area contributed by atoms with Crippen LogP contribution in [-0.2, 0) is 16.1 Å². The summed E-state index contributed by atoms with van der Waals surface area (Å²) in [6.45, 7) is 5.36. The highest BCUT2D eigenvalue weighted by Gasteiger charge is 2.28. The highest BCUT2D eigenvalue weighted by Crippen LogP contribution is 2.41. The van der Waals surface area contributed by atoms with Gasteiger partial charge in [0.15, 0.2) is 0 Å². The molecule has 5 nitrogen and oxygen atoms in total. The maximum atomic E-state index is 12.0. The van der Waals surface area contributed by atoms with E-state index in [0.29, 0.717) is 33.4 Å². The van der Waals surface area contributed by atoms with E-state index in [-0.39, 0.29) is 12.1 Å². The van der Waals surface area contributed by atoms with Crippen LogP contribution in [0.5, 0.6) is 0 Å². The molecular weight excluding hydrogens is 445 g/mol. The van der Waals surface area contributed by atoms with Crippen LogP contribution in [-0.4, -0.2) is 22.1 Å². The summed E-state index contributed by atoms with van der Waals surface area (Å²) in [6, 6.07) is 9.21. The molecule has 2 aromatic carbocycles. The molecule has 0 bridgehead atoms. The molecule has 158 valence electrons.